The molecule has 4 nitrogen and oxygen atoms in total. The molecule has 1 amide bonds. The molecule has 0 unspecified atom stereocenters. The van der Waals surface area contributed by atoms with Crippen molar-refractivity contribution in [2.75, 3.05) is 7.11 Å². The molecule has 2 rings (SSSR count). The number of aliphatic hydroxyl groups is 1. The van der Waals surface area contributed by atoms with E-state index in [1.165, 1.54) is 25.3 Å². The van der Waals surface area contributed by atoms with Crippen molar-refractivity contribution in [3.05, 3.63) is 29.6 Å². The van der Waals surface area contributed by atoms with Crippen LogP contribution < -0.4 is 10.1 Å². The number of benzene rings is 1. The lowest BCUT2D eigenvalue weighted by atomic mass is 9.76. The van der Waals surface area contributed by atoms with Gasteiger partial charge in [-0.25, -0.2) is 4.39 Å². The monoisotopic (exact) mass is 281 g/mol. The summed E-state index contributed by atoms with van der Waals surface area (Å²) in [6.45, 7) is 2.00. The van der Waals surface area contributed by atoms with Gasteiger partial charge in [0.1, 0.15) is 0 Å². The Balaban J connectivity index is 2.03. The predicted molar refractivity (Wildman–Crippen MR) is 73.2 cm³/mol. The van der Waals surface area contributed by atoms with E-state index in [1.54, 1.807) is 0 Å². The Kier molecular flexibility index (Phi) is 4.60. The number of hydrogen-bond acceptors (Lipinski definition) is 3. The van der Waals surface area contributed by atoms with E-state index < -0.39 is 5.82 Å². The maximum atomic E-state index is 13.3. The average molecular weight is 281 g/mol. The zero-order valence-corrected chi connectivity index (χ0v) is 11.7. The summed E-state index contributed by atoms with van der Waals surface area (Å²) in [5.74, 6) is -0.346. The highest BCUT2D eigenvalue weighted by Crippen LogP contribution is 2.31. The molecule has 0 saturated heterocycles. The van der Waals surface area contributed by atoms with Gasteiger partial charge >= 0.3 is 0 Å². The molecule has 1 fully saturated rings. The Morgan fingerprint density at radius 2 is 2.25 bits per heavy atom. The van der Waals surface area contributed by atoms with Gasteiger partial charge in [-0.3, -0.25) is 4.79 Å². The molecule has 1 aromatic carbocycles. The predicted octanol–water partition coefficient (Wildman–Crippen LogP) is 2.11. The van der Waals surface area contributed by atoms with Crippen LogP contribution in [0.25, 0.3) is 0 Å². The van der Waals surface area contributed by atoms with Crippen molar-refractivity contribution in [2.24, 2.45) is 5.92 Å². The molecular weight excluding hydrogens is 261 g/mol. The number of methoxy groups -OCH3 is 1. The van der Waals surface area contributed by atoms with E-state index in [2.05, 4.69) is 5.32 Å². The molecule has 2 N–H and O–H groups in total. The van der Waals surface area contributed by atoms with Crippen LogP contribution in [0.15, 0.2) is 18.2 Å². The first-order valence-electron chi connectivity index (χ1n) is 6.87. The quantitative estimate of drug-likeness (QED) is 0.869. The standard InChI is InChI=1S/C15H20FNO3/c1-3-13(10-6-11(18)7-10)17-15(19)9-4-5-12(16)14(8-9)20-2/h4-5,8,10-11,13,18H,3,6-7H2,1-2H3,(H,17,19)/t10?,11?,13-/m0/s1. The molecule has 1 aromatic rings. The second-order valence-corrected chi connectivity index (χ2v) is 5.22. The molecule has 0 aliphatic heterocycles. The Labute approximate surface area is 117 Å². The van der Waals surface area contributed by atoms with Crippen LogP contribution >= 0.6 is 0 Å². The lowest BCUT2D eigenvalue weighted by Crippen LogP contribution is -2.46. The molecule has 0 spiro atoms. The van der Waals surface area contributed by atoms with Crippen molar-refractivity contribution < 1.29 is 19.0 Å². The third-order valence-corrected chi connectivity index (χ3v) is 3.89. The van der Waals surface area contributed by atoms with Gasteiger partial charge in [0.25, 0.3) is 5.91 Å². The molecule has 110 valence electrons. The van der Waals surface area contributed by atoms with Gasteiger partial charge < -0.3 is 15.2 Å². The molecule has 0 radical (unpaired) electrons. The maximum Gasteiger partial charge on any atom is 0.251 e. The number of rotatable bonds is 5. The minimum Gasteiger partial charge on any atom is -0.494 e. The lowest BCUT2D eigenvalue weighted by Gasteiger charge is -2.37. The van der Waals surface area contributed by atoms with Gasteiger partial charge in [0.2, 0.25) is 0 Å². The highest BCUT2D eigenvalue weighted by molar-refractivity contribution is 5.94. The summed E-state index contributed by atoms with van der Waals surface area (Å²) in [6.07, 6.45) is 2.02. The summed E-state index contributed by atoms with van der Waals surface area (Å²) < 4.78 is 18.2. The summed E-state index contributed by atoms with van der Waals surface area (Å²) in [5, 5.41) is 12.3. The fraction of sp³-hybridized carbons (Fsp3) is 0.533. The minimum absolute atomic E-state index is 0.0435. The van der Waals surface area contributed by atoms with E-state index in [-0.39, 0.29) is 23.8 Å². The number of halogens is 1. The molecule has 0 aromatic heterocycles. The van der Waals surface area contributed by atoms with Crippen molar-refractivity contribution in [1.82, 2.24) is 5.32 Å². The molecule has 1 saturated carbocycles. The van der Waals surface area contributed by atoms with Crippen molar-refractivity contribution in [2.45, 2.75) is 38.3 Å². The van der Waals surface area contributed by atoms with Gasteiger partial charge in [0.15, 0.2) is 11.6 Å². The molecule has 1 aliphatic carbocycles. The second-order valence-electron chi connectivity index (χ2n) is 5.22. The number of carbonyl (C=O) groups is 1. The van der Waals surface area contributed by atoms with Gasteiger partial charge in [-0.05, 0) is 43.4 Å². The van der Waals surface area contributed by atoms with E-state index in [1.807, 2.05) is 6.92 Å². The molecular formula is C15H20FNO3. The molecule has 0 bridgehead atoms. The van der Waals surface area contributed by atoms with Crippen LogP contribution in [0, 0.1) is 11.7 Å². The zero-order chi connectivity index (χ0) is 14.7. The Hall–Kier alpha value is -1.62. The van der Waals surface area contributed by atoms with Gasteiger partial charge in [0, 0.05) is 11.6 Å². The van der Waals surface area contributed by atoms with E-state index in [0.717, 1.165) is 19.3 Å². The number of hydrogen-bond donors (Lipinski definition) is 2. The van der Waals surface area contributed by atoms with Crippen LogP contribution in [0.1, 0.15) is 36.5 Å². The van der Waals surface area contributed by atoms with E-state index in [4.69, 9.17) is 4.74 Å². The number of amides is 1. The third kappa shape index (κ3) is 3.10. The van der Waals surface area contributed by atoms with Gasteiger partial charge in [-0.15, -0.1) is 0 Å². The van der Waals surface area contributed by atoms with E-state index >= 15 is 0 Å². The molecule has 5 heteroatoms. The Morgan fingerprint density at radius 1 is 1.55 bits per heavy atom. The van der Waals surface area contributed by atoms with Crippen LogP contribution in [0.2, 0.25) is 0 Å². The summed E-state index contributed by atoms with van der Waals surface area (Å²) in [6, 6.07) is 4.10. The van der Waals surface area contributed by atoms with Crippen molar-refractivity contribution in [3.8, 4) is 5.75 Å². The zero-order valence-electron chi connectivity index (χ0n) is 11.7. The average Bonchev–Trinajstić information content (AvgIpc) is 2.42. The lowest BCUT2D eigenvalue weighted by molar-refractivity contribution is 0.0232. The van der Waals surface area contributed by atoms with Crippen molar-refractivity contribution >= 4 is 5.91 Å². The fourth-order valence-electron chi connectivity index (χ4n) is 2.56. The molecule has 1 atom stereocenters. The molecule has 20 heavy (non-hydrogen) atoms. The Morgan fingerprint density at radius 3 is 2.80 bits per heavy atom. The SMILES string of the molecule is CC[C@H](NC(=O)c1ccc(F)c(OC)c1)C1CC(O)C1. The van der Waals surface area contributed by atoms with E-state index in [9.17, 15) is 14.3 Å². The minimum atomic E-state index is -0.488. The van der Waals surface area contributed by atoms with Gasteiger partial charge in [-0.1, -0.05) is 6.92 Å². The van der Waals surface area contributed by atoms with Crippen LogP contribution in [0.3, 0.4) is 0 Å². The van der Waals surface area contributed by atoms with Crippen LogP contribution in [0.4, 0.5) is 4.39 Å². The summed E-state index contributed by atoms with van der Waals surface area (Å²) in [4.78, 5) is 12.2. The number of aliphatic hydroxyl groups excluding tert-OH is 1. The van der Waals surface area contributed by atoms with Gasteiger partial charge in [-0.2, -0.15) is 0 Å². The van der Waals surface area contributed by atoms with Crippen LogP contribution in [0.5, 0.6) is 5.75 Å². The largest absolute Gasteiger partial charge is 0.494 e. The second kappa shape index (κ2) is 6.22. The number of carbonyl (C=O) groups excluding carboxylic acids is 1. The highest BCUT2D eigenvalue weighted by atomic mass is 19.1. The molecule has 1 aliphatic rings. The number of ether oxygens (including phenoxy) is 1. The maximum absolute atomic E-state index is 13.3. The highest BCUT2D eigenvalue weighted by Gasteiger charge is 2.33. The van der Waals surface area contributed by atoms with E-state index in [0.29, 0.717) is 11.5 Å². The number of nitrogens with one attached hydrogen (secondary N) is 1. The van der Waals surface area contributed by atoms with Gasteiger partial charge in [0.05, 0.1) is 13.2 Å². The van der Waals surface area contributed by atoms with Crippen LogP contribution in [-0.4, -0.2) is 30.3 Å². The first-order valence-corrected chi connectivity index (χ1v) is 6.87. The van der Waals surface area contributed by atoms with Crippen molar-refractivity contribution in [3.63, 3.8) is 0 Å². The first-order chi connectivity index (χ1) is 9.55. The Bertz CT molecular complexity index is 486. The van der Waals surface area contributed by atoms with Crippen molar-refractivity contribution in [1.29, 1.82) is 0 Å². The summed E-state index contributed by atoms with van der Waals surface area (Å²) in [7, 11) is 1.37. The first kappa shape index (κ1) is 14.8. The summed E-state index contributed by atoms with van der Waals surface area (Å²) >= 11 is 0. The smallest absolute Gasteiger partial charge is 0.251 e. The molecule has 0 heterocycles. The van der Waals surface area contributed by atoms with Crippen LogP contribution in [-0.2, 0) is 0 Å². The fourth-order valence-corrected chi connectivity index (χ4v) is 2.56. The summed E-state index contributed by atoms with van der Waals surface area (Å²) in [5.41, 5.74) is 0.376. The topological polar surface area (TPSA) is 58.6 Å². The third-order valence-electron chi connectivity index (χ3n) is 3.89. The normalized spacial score (nSPS) is 22.8.